The molecule has 9 heteroatoms. The number of thiazole rings is 1. The lowest BCUT2D eigenvalue weighted by molar-refractivity contribution is 0.0980. The van der Waals surface area contributed by atoms with Crippen molar-refractivity contribution in [1.82, 2.24) is 9.88 Å². The van der Waals surface area contributed by atoms with Gasteiger partial charge in [-0.25, -0.2) is 13.4 Å². The van der Waals surface area contributed by atoms with E-state index in [1.165, 1.54) is 17.4 Å². The Morgan fingerprint density at radius 3 is 2.31 bits per heavy atom. The van der Waals surface area contributed by atoms with Gasteiger partial charge in [-0.05, 0) is 43.8 Å². The van der Waals surface area contributed by atoms with Crippen LogP contribution >= 0.6 is 23.7 Å². The van der Waals surface area contributed by atoms with Crippen LogP contribution in [-0.4, -0.2) is 56.1 Å². The Labute approximate surface area is 200 Å². The maximum atomic E-state index is 13.7. The van der Waals surface area contributed by atoms with Gasteiger partial charge < -0.3 is 4.90 Å². The minimum absolute atomic E-state index is 0. The first-order chi connectivity index (χ1) is 14.8. The molecule has 0 atom stereocenters. The molecule has 1 heterocycles. The number of carbonyl (C=O) groups excluding carboxylic acids is 1. The third kappa shape index (κ3) is 5.49. The zero-order chi connectivity index (χ0) is 22.6. The summed E-state index contributed by atoms with van der Waals surface area (Å²) in [7, 11) is -3.54. The van der Waals surface area contributed by atoms with Crippen molar-refractivity contribution in [2.45, 2.75) is 32.6 Å². The first kappa shape index (κ1) is 26.3. The van der Waals surface area contributed by atoms with Crippen LogP contribution in [0.25, 0.3) is 10.2 Å². The fraction of sp³-hybridized carbons (Fsp3) is 0.391. The summed E-state index contributed by atoms with van der Waals surface area (Å²) in [5.41, 5.74) is 2.11. The van der Waals surface area contributed by atoms with Crippen LogP contribution in [-0.2, 0) is 9.84 Å². The summed E-state index contributed by atoms with van der Waals surface area (Å²) in [6.07, 6.45) is 0. The first-order valence-electron chi connectivity index (χ1n) is 10.5. The average molecular weight is 496 g/mol. The minimum Gasteiger partial charge on any atom is -0.302 e. The molecule has 0 aliphatic rings. The molecule has 174 valence electrons. The van der Waals surface area contributed by atoms with Crippen molar-refractivity contribution in [3.8, 4) is 0 Å². The van der Waals surface area contributed by atoms with Crippen LogP contribution in [0.15, 0.2) is 47.4 Å². The third-order valence-corrected chi connectivity index (χ3v) is 8.28. The number of halogens is 1. The molecule has 2 aromatic carbocycles. The number of para-hydroxylation sites is 1. The van der Waals surface area contributed by atoms with Gasteiger partial charge in [0.2, 0.25) is 0 Å². The molecule has 0 aliphatic heterocycles. The lowest BCUT2D eigenvalue weighted by Crippen LogP contribution is -2.39. The van der Waals surface area contributed by atoms with Gasteiger partial charge in [-0.2, -0.15) is 0 Å². The van der Waals surface area contributed by atoms with Crippen LogP contribution in [0.2, 0.25) is 0 Å². The number of hydrogen-bond donors (Lipinski definition) is 0. The summed E-state index contributed by atoms with van der Waals surface area (Å²) in [5, 5.41) is 0.588. The van der Waals surface area contributed by atoms with Crippen LogP contribution in [0.4, 0.5) is 5.13 Å². The van der Waals surface area contributed by atoms with E-state index in [9.17, 15) is 13.2 Å². The second kappa shape index (κ2) is 11.2. The van der Waals surface area contributed by atoms with Gasteiger partial charge in [-0.3, -0.25) is 9.69 Å². The van der Waals surface area contributed by atoms with Crippen molar-refractivity contribution in [2.24, 2.45) is 0 Å². The molecule has 0 unspecified atom stereocenters. The number of carbonyl (C=O) groups is 1. The molecule has 0 N–H and O–H groups in total. The number of rotatable bonds is 9. The Morgan fingerprint density at radius 2 is 1.69 bits per heavy atom. The number of likely N-dealkylation sites (N-methyl/N-ethyl adjacent to an activating group) is 1. The number of benzene rings is 2. The van der Waals surface area contributed by atoms with E-state index in [0.29, 0.717) is 18.2 Å². The van der Waals surface area contributed by atoms with Crippen molar-refractivity contribution >= 4 is 54.8 Å². The van der Waals surface area contributed by atoms with Crippen LogP contribution in [0.1, 0.15) is 36.7 Å². The molecule has 0 spiro atoms. The monoisotopic (exact) mass is 495 g/mol. The molecular weight excluding hydrogens is 466 g/mol. The van der Waals surface area contributed by atoms with Crippen molar-refractivity contribution in [3.05, 3.63) is 53.6 Å². The van der Waals surface area contributed by atoms with Gasteiger partial charge in [0.05, 0.1) is 26.4 Å². The maximum absolute atomic E-state index is 13.7. The highest BCUT2D eigenvalue weighted by molar-refractivity contribution is 7.91. The number of amides is 1. The second-order valence-corrected chi connectivity index (χ2v) is 10.6. The standard InChI is InChI=1S/C23H29N3O3S2.ClH/c1-5-25(6-2)15-16-26(23-24-21-17(4)11-10-13-19(21)30-23)22(27)18-12-8-9-14-20(18)31(28,29)7-3;/h8-14H,5-7,15-16H2,1-4H3;1H. The highest BCUT2D eigenvalue weighted by Crippen LogP contribution is 2.32. The van der Waals surface area contributed by atoms with E-state index in [1.807, 2.05) is 25.1 Å². The predicted molar refractivity (Wildman–Crippen MR) is 135 cm³/mol. The number of hydrogen-bond acceptors (Lipinski definition) is 6. The van der Waals surface area contributed by atoms with Gasteiger partial charge in [-0.15, -0.1) is 12.4 Å². The first-order valence-corrected chi connectivity index (χ1v) is 13.0. The summed E-state index contributed by atoms with van der Waals surface area (Å²) < 4.78 is 26.3. The van der Waals surface area contributed by atoms with Crippen molar-refractivity contribution in [2.75, 3.05) is 36.8 Å². The second-order valence-electron chi connectivity index (χ2n) is 7.30. The number of aromatic nitrogens is 1. The predicted octanol–water partition coefficient (Wildman–Crippen LogP) is 4.81. The normalized spacial score (nSPS) is 11.5. The number of aryl methyl sites for hydroxylation is 1. The molecule has 6 nitrogen and oxygen atoms in total. The van der Waals surface area contributed by atoms with Crippen molar-refractivity contribution in [1.29, 1.82) is 0 Å². The molecule has 0 radical (unpaired) electrons. The number of sulfone groups is 1. The highest BCUT2D eigenvalue weighted by atomic mass is 35.5. The van der Waals surface area contributed by atoms with Crippen LogP contribution in [0, 0.1) is 6.92 Å². The average Bonchev–Trinajstić information content (AvgIpc) is 3.22. The Hall–Kier alpha value is -2.00. The molecule has 3 rings (SSSR count). The molecule has 0 saturated carbocycles. The zero-order valence-corrected chi connectivity index (χ0v) is 21.3. The van der Waals surface area contributed by atoms with E-state index >= 15 is 0 Å². The summed E-state index contributed by atoms with van der Waals surface area (Å²) in [4.78, 5) is 22.4. The lowest BCUT2D eigenvalue weighted by Gasteiger charge is -2.25. The summed E-state index contributed by atoms with van der Waals surface area (Å²) in [6, 6.07) is 12.4. The largest absolute Gasteiger partial charge is 0.302 e. The fourth-order valence-corrected chi connectivity index (χ4v) is 5.63. The summed E-state index contributed by atoms with van der Waals surface area (Å²) in [6.45, 7) is 10.6. The maximum Gasteiger partial charge on any atom is 0.261 e. The summed E-state index contributed by atoms with van der Waals surface area (Å²) in [5.74, 6) is -0.395. The Morgan fingerprint density at radius 1 is 1.00 bits per heavy atom. The molecular formula is C23H30ClN3O3S2. The van der Waals surface area contributed by atoms with Gasteiger partial charge in [0, 0.05) is 13.1 Å². The Kier molecular flexibility index (Phi) is 9.21. The van der Waals surface area contributed by atoms with Crippen LogP contribution < -0.4 is 4.90 Å². The molecule has 1 amide bonds. The smallest absolute Gasteiger partial charge is 0.261 e. The molecule has 0 fully saturated rings. The topological polar surface area (TPSA) is 70.6 Å². The van der Waals surface area contributed by atoms with Gasteiger partial charge in [0.15, 0.2) is 15.0 Å². The van der Waals surface area contributed by atoms with Gasteiger partial charge in [0.25, 0.3) is 5.91 Å². The van der Waals surface area contributed by atoms with E-state index in [1.54, 1.807) is 30.0 Å². The molecule has 3 aromatic rings. The SMILES string of the molecule is CCN(CC)CCN(C(=O)c1ccccc1S(=O)(=O)CC)c1nc2c(C)cccc2s1.Cl. The molecule has 0 saturated heterocycles. The van der Waals surface area contributed by atoms with Crippen LogP contribution in [0.5, 0.6) is 0 Å². The summed E-state index contributed by atoms with van der Waals surface area (Å²) >= 11 is 1.45. The van der Waals surface area contributed by atoms with E-state index in [4.69, 9.17) is 4.98 Å². The highest BCUT2D eigenvalue weighted by Gasteiger charge is 2.27. The van der Waals surface area contributed by atoms with Gasteiger partial charge >= 0.3 is 0 Å². The van der Waals surface area contributed by atoms with E-state index in [-0.39, 0.29) is 34.5 Å². The number of nitrogens with zero attached hydrogens (tertiary/aromatic N) is 3. The quantitative estimate of drug-likeness (QED) is 0.426. The Balaban J connectivity index is 0.00000363. The molecule has 0 aliphatic carbocycles. The van der Waals surface area contributed by atoms with E-state index in [2.05, 4.69) is 18.7 Å². The van der Waals surface area contributed by atoms with Crippen molar-refractivity contribution < 1.29 is 13.2 Å². The lowest BCUT2D eigenvalue weighted by atomic mass is 10.2. The van der Waals surface area contributed by atoms with E-state index < -0.39 is 9.84 Å². The number of fused-ring (bicyclic) bond motifs is 1. The number of anilines is 1. The Bertz CT molecular complexity index is 1170. The van der Waals surface area contributed by atoms with Gasteiger partial charge in [0.1, 0.15) is 0 Å². The third-order valence-electron chi connectivity index (χ3n) is 5.45. The molecule has 0 bridgehead atoms. The fourth-order valence-electron chi connectivity index (χ4n) is 3.47. The van der Waals surface area contributed by atoms with Gasteiger partial charge in [-0.1, -0.05) is 56.4 Å². The van der Waals surface area contributed by atoms with Crippen molar-refractivity contribution in [3.63, 3.8) is 0 Å². The molecule has 1 aromatic heterocycles. The molecule has 32 heavy (non-hydrogen) atoms. The van der Waals surface area contributed by atoms with E-state index in [0.717, 1.165) is 28.9 Å². The zero-order valence-electron chi connectivity index (χ0n) is 18.9. The van der Waals surface area contributed by atoms with Crippen LogP contribution in [0.3, 0.4) is 0 Å². The minimum atomic E-state index is -3.54.